The van der Waals surface area contributed by atoms with E-state index in [9.17, 15) is 5.11 Å². The van der Waals surface area contributed by atoms with Crippen molar-refractivity contribution in [3.63, 3.8) is 0 Å². The molecule has 1 aliphatic heterocycles. The third kappa shape index (κ3) is 4.66. The number of nitrogens with zero attached hydrogens (tertiary/aromatic N) is 2. The Labute approximate surface area is 120 Å². The molecule has 0 saturated carbocycles. The van der Waals surface area contributed by atoms with Gasteiger partial charge in [-0.05, 0) is 25.2 Å². The van der Waals surface area contributed by atoms with Crippen LogP contribution in [0.25, 0.3) is 0 Å². The van der Waals surface area contributed by atoms with Gasteiger partial charge in [0.05, 0.1) is 0 Å². The van der Waals surface area contributed by atoms with Gasteiger partial charge in [0, 0.05) is 56.4 Å². The molecule has 2 rings (SSSR count). The van der Waals surface area contributed by atoms with Crippen molar-refractivity contribution >= 4 is 11.6 Å². The number of likely N-dealkylation sites (N-methyl/N-ethyl adjacent to an activating group) is 1. The van der Waals surface area contributed by atoms with Crippen LogP contribution in [-0.2, 0) is 6.54 Å². The summed E-state index contributed by atoms with van der Waals surface area (Å²) in [6.07, 6.45) is 0. The molecule has 1 heterocycles. The second-order valence-electron chi connectivity index (χ2n) is 5.09. The van der Waals surface area contributed by atoms with Gasteiger partial charge in [-0.1, -0.05) is 11.6 Å². The Kier molecular flexibility index (Phi) is 5.45. The summed E-state index contributed by atoms with van der Waals surface area (Å²) in [5.41, 5.74) is 0.853. The van der Waals surface area contributed by atoms with Gasteiger partial charge in [-0.25, -0.2) is 0 Å². The number of phenolic OH excluding ortho intramolecular Hbond substituents is 1. The summed E-state index contributed by atoms with van der Waals surface area (Å²) in [6.45, 7) is 7.20. The number of hydrogen-bond donors (Lipinski definition) is 2. The minimum absolute atomic E-state index is 0.302. The van der Waals surface area contributed by atoms with Crippen molar-refractivity contribution in [2.24, 2.45) is 0 Å². The van der Waals surface area contributed by atoms with Gasteiger partial charge >= 0.3 is 0 Å². The maximum Gasteiger partial charge on any atom is 0.120 e. The molecule has 0 unspecified atom stereocenters. The standard InChI is InChI=1S/C14H22ClN3O/c1-17-6-8-18(9-7-17)5-4-16-11-12-10-13(15)2-3-14(12)19/h2-3,10,16,19H,4-9,11H2,1H3. The van der Waals surface area contributed by atoms with Crippen LogP contribution >= 0.6 is 11.6 Å². The van der Waals surface area contributed by atoms with Crippen LogP contribution in [0.5, 0.6) is 5.75 Å². The molecule has 0 amide bonds. The molecule has 0 radical (unpaired) electrons. The second-order valence-corrected chi connectivity index (χ2v) is 5.53. The highest BCUT2D eigenvalue weighted by Gasteiger charge is 2.12. The first-order chi connectivity index (χ1) is 9.15. The highest BCUT2D eigenvalue weighted by atomic mass is 35.5. The van der Waals surface area contributed by atoms with Gasteiger partial charge in [-0.2, -0.15) is 0 Å². The summed E-state index contributed by atoms with van der Waals surface area (Å²) in [6, 6.07) is 5.14. The van der Waals surface area contributed by atoms with Gasteiger partial charge in [0.15, 0.2) is 0 Å². The molecule has 0 aliphatic carbocycles. The minimum Gasteiger partial charge on any atom is -0.508 e. The molecule has 0 atom stereocenters. The van der Waals surface area contributed by atoms with E-state index in [1.807, 2.05) is 0 Å². The van der Waals surface area contributed by atoms with E-state index < -0.39 is 0 Å². The van der Waals surface area contributed by atoms with Crippen LogP contribution in [-0.4, -0.2) is 61.2 Å². The lowest BCUT2D eigenvalue weighted by atomic mass is 10.2. The van der Waals surface area contributed by atoms with Crippen molar-refractivity contribution in [3.8, 4) is 5.75 Å². The Morgan fingerprint density at radius 3 is 2.74 bits per heavy atom. The van der Waals surface area contributed by atoms with Gasteiger partial charge in [-0.15, -0.1) is 0 Å². The van der Waals surface area contributed by atoms with Crippen molar-refractivity contribution in [2.75, 3.05) is 46.3 Å². The van der Waals surface area contributed by atoms with Gasteiger partial charge in [0.25, 0.3) is 0 Å². The number of nitrogens with one attached hydrogen (secondary N) is 1. The SMILES string of the molecule is CN1CCN(CCNCc2cc(Cl)ccc2O)CC1. The van der Waals surface area contributed by atoms with Crippen LogP contribution in [0.3, 0.4) is 0 Å². The molecule has 1 aromatic rings. The Hall–Kier alpha value is -0.810. The number of hydrogen-bond acceptors (Lipinski definition) is 4. The molecule has 5 heteroatoms. The number of phenols is 1. The number of piperazine rings is 1. The van der Waals surface area contributed by atoms with Gasteiger partial charge < -0.3 is 15.3 Å². The number of benzene rings is 1. The van der Waals surface area contributed by atoms with E-state index in [2.05, 4.69) is 22.2 Å². The van der Waals surface area contributed by atoms with Gasteiger partial charge in [-0.3, -0.25) is 4.90 Å². The molecule has 2 N–H and O–H groups in total. The first-order valence-corrected chi connectivity index (χ1v) is 7.12. The molecular weight excluding hydrogens is 262 g/mol. The average Bonchev–Trinajstić information content (AvgIpc) is 2.40. The van der Waals surface area contributed by atoms with Crippen molar-refractivity contribution < 1.29 is 5.11 Å². The normalized spacial score (nSPS) is 17.8. The lowest BCUT2D eigenvalue weighted by Gasteiger charge is -2.32. The maximum atomic E-state index is 9.70. The fourth-order valence-electron chi connectivity index (χ4n) is 2.23. The molecule has 106 valence electrons. The lowest BCUT2D eigenvalue weighted by molar-refractivity contribution is 0.154. The molecule has 1 aliphatic rings. The first-order valence-electron chi connectivity index (χ1n) is 6.74. The third-order valence-electron chi connectivity index (χ3n) is 3.56. The zero-order valence-electron chi connectivity index (χ0n) is 11.4. The number of aromatic hydroxyl groups is 1. The van der Waals surface area contributed by atoms with Gasteiger partial charge in [0.2, 0.25) is 0 Å². The Bertz CT molecular complexity index is 406. The van der Waals surface area contributed by atoms with Crippen LogP contribution < -0.4 is 5.32 Å². The van der Waals surface area contributed by atoms with E-state index in [4.69, 9.17) is 11.6 Å². The molecule has 19 heavy (non-hydrogen) atoms. The molecule has 0 bridgehead atoms. The smallest absolute Gasteiger partial charge is 0.120 e. The zero-order chi connectivity index (χ0) is 13.7. The summed E-state index contributed by atoms with van der Waals surface area (Å²) in [5, 5.41) is 13.7. The van der Waals surface area contributed by atoms with Crippen LogP contribution in [0.4, 0.5) is 0 Å². The second kappa shape index (κ2) is 7.10. The monoisotopic (exact) mass is 283 g/mol. The average molecular weight is 284 g/mol. The van der Waals surface area contributed by atoms with E-state index >= 15 is 0 Å². The Balaban J connectivity index is 1.68. The van der Waals surface area contributed by atoms with Gasteiger partial charge in [0.1, 0.15) is 5.75 Å². The van der Waals surface area contributed by atoms with Crippen LogP contribution in [0.15, 0.2) is 18.2 Å². The minimum atomic E-state index is 0.302. The van der Waals surface area contributed by atoms with Crippen molar-refractivity contribution in [3.05, 3.63) is 28.8 Å². The Morgan fingerprint density at radius 1 is 1.26 bits per heavy atom. The summed E-state index contributed by atoms with van der Waals surface area (Å²) < 4.78 is 0. The van der Waals surface area contributed by atoms with Crippen LogP contribution in [0, 0.1) is 0 Å². The molecule has 4 nitrogen and oxygen atoms in total. The Morgan fingerprint density at radius 2 is 2.00 bits per heavy atom. The molecule has 1 aromatic carbocycles. The molecule has 0 spiro atoms. The quantitative estimate of drug-likeness (QED) is 0.801. The maximum absolute atomic E-state index is 9.70. The van der Waals surface area contributed by atoms with E-state index in [1.54, 1.807) is 18.2 Å². The summed E-state index contributed by atoms with van der Waals surface area (Å²) in [5.74, 6) is 0.302. The molecule has 1 fully saturated rings. The molecule has 0 aromatic heterocycles. The summed E-state index contributed by atoms with van der Waals surface area (Å²) in [7, 11) is 2.16. The predicted molar refractivity (Wildman–Crippen MR) is 78.8 cm³/mol. The third-order valence-corrected chi connectivity index (χ3v) is 3.79. The molecular formula is C14H22ClN3O. The van der Waals surface area contributed by atoms with Crippen molar-refractivity contribution in [1.29, 1.82) is 0 Å². The highest BCUT2D eigenvalue weighted by Crippen LogP contribution is 2.20. The zero-order valence-corrected chi connectivity index (χ0v) is 12.2. The van der Waals surface area contributed by atoms with E-state index in [-0.39, 0.29) is 0 Å². The summed E-state index contributed by atoms with van der Waals surface area (Å²) in [4.78, 5) is 4.82. The van der Waals surface area contributed by atoms with E-state index in [0.29, 0.717) is 17.3 Å². The fraction of sp³-hybridized carbons (Fsp3) is 0.571. The van der Waals surface area contributed by atoms with Crippen molar-refractivity contribution in [2.45, 2.75) is 6.54 Å². The predicted octanol–water partition coefficient (Wildman–Crippen LogP) is 1.38. The number of halogens is 1. The molecule has 1 saturated heterocycles. The first kappa shape index (κ1) is 14.6. The van der Waals surface area contributed by atoms with Crippen molar-refractivity contribution in [1.82, 2.24) is 15.1 Å². The summed E-state index contributed by atoms with van der Waals surface area (Å²) >= 11 is 5.91. The highest BCUT2D eigenvalue weighted by molar-refractivity contribution is 6.30. The largest absolute Gasteiger partial charge is 0.508 e. The fourth-order valence-corrected chi connectivity index (χ4v) is 2.42. The van der Waals surface area contributed by atoms with E-state index in [1.165, 1.54) is 0 Å². The van der Waals surface area contributed by atoms with E-state index in [0.717, 1.165) is 44.8 Å². The topological polar surface area (TPSA) is 38.7 Å². The number of rotatable bonds is 5. The van der Waals surface area contributed by atoms with Crippen LogP contribution in [0.2, 0.25) is 5.02 Å². The lowest BCUT2D eigenvalue weighted by Crippen LogP contribution is -2.46. The van der Waals surface area contributed by atoms with Crippen LogP contribution in [0.1, 0.15) is 5.56 Å².